The molecule has 3 heterocycles. The quantitative estimate of drug-likeness (QED) is 0.607. The number of rotatable bonds is 5. The Bertz CT molecular complexity index is 1140. The summed E-state index contributed by atoms with van der Waals surface area (Å²) in [5, 5.41) is 0.659. The summed E-state index contributed by atoms with van der Waals surface area (Å²) in [7, 11) is 0. The number of aromatic amines is 1. The van der Waals surface area contributed by atoms with Gasteiger partial charge in [-0.25, -0.2) is 9.97 Å². The van der Waals surface area contributed by atoms with Gasteiger partial charge in [-0.2, -0.15) is 0 Å². The molecule has 1 N–H and O–H groups in total. The van der Waals surface area contributed by atoms with Crippen molar-refractivity contribution in [3.63, 3.8) is 0 Å². The molecule has 0 spiro atoms. The van der Waals surface area contributed by atoms with Crippen molar-refractivity contribution in [2.75, 3.05) is 6.54 Å². The van der Waals surface area contributed by atoms with Crippen molar-refractivity contribution in [1.82, 2.24) is 19.9 Å². The van der Waals surface area contributed by atoms with E-state index in [0.717, 1.165) is 54.1 Å². The summed E-state index contributed by atoms with van der Waals surface area (Å²) in [6, 6.07) is 11.4. The van der Waals surface area contributed by atoms with Gasteiger partial charge in [0, 0.05) is 48.4 Å². The Balaban J connectivity index is 1.32. The van der Waals surface area contributed by atoms with E-state index in [1.165, 1.54) is 19.3 Å². The molecule has 166 valence electrons. The normalized spacial score (nSPS) is 17.2. The SMILES string of the molecule is O=c1[nH]c(-c2ccc(Cl)cc2)nc2c1CN(Cc1cccnc1OC1CCCCC1)CC2. The molecule has 0 saturated heterocycles. The van der Waals surface area contributed by atoms with E-state index < -0.39 is 0 Å². The van der Waals surface area contributed by atoms with Gasteiger partial charge in [-0.15, -0.1) is 0 Å². The van der Waals surface area contributed by atoms with Gasteiger partial charge in [0.05, 0.1) is 11.3 Å². The molecule has 0 bridgehead atoms. The number of fused-ring (bicyclic) bond motifs is 1. The minimum atomic E-state index is -0.0745. The fourth-order valence-electron chi connectivity index (χ4n) is 4.59. The zero-order valence-electron chi connectivity index (χ0n) is 18.0. The molecule has 3 aromatic rings. The van der Waals surface area contributed by atoms with E-state index >= 15 is 0 Å². The Kier molecular flexibility index (Phi) is 6.23. The number of halogens is 1. The smallest absolute Gasteiger partial charge is 0.255 e. The van der Waals surface area contributed by atoms with E-state index in [1.807, 2.05) is 18.2 Å². The third-order valence-corrected chi connectivity index (χ3v) is 6.59. The Morgan fingerprint density at radius 1 is 1.12 bits per heavy atom. The van der Waals surface area contributed by atoms with Crippen molar-refractivity contribution in [2.45, 2.75) is 57.7 Å². The van der Waals surface area contributed by atoms with Crippen LogP contribution in [-0.2, 0) is 19.5 Å². The molecule has 2 aliphatic rings. The van der Waals surface area contributed by atoms with Gasteiger partial charge < -0.3 is 9.72 Å². The molecule has 1 fully saturated rings. The summed E-state index contributed by atoms with van der Waals surface area (Å²) in [5.41, 5.74) is 3.47. The van der Waals surface area contributed by atoms with Gasteiger partial charge in [-0.05, 0) is 56.0 Å². The van der Waals surface area contributed by atoms with Crippen LogP contribution in [0.5, 0.6) is 5.88 Å². The zero-order valence-corrected chi connectivity index (χ0v) is 18.8. The topological polar surface area (TPSA) is 71.1 Å². The molecule has 1 aliphatic carbocycles. The standard InChI is InChI=1S/C25H27ClN4O2/c26-19-10-8-17(9-11-19)23-28-22-12-14-30(16-21(22)24(31)29-23)15-18-5-4-13-27-25(18)32-20-6-2-1-3-7-20/h4-5,8-11,13,20H,1-3,6-7,12,14-16H2,(H,28,29,31). The van der Waals surface area contributed by atoms with Gasteiger partial charge in [0.15, 0.2) is 0 Å². The average molecular weight is 451 g/mol. The minimum Gasteiger partial charge on any atom is -0.474 e. The summed E-state index contributed by atoms with van der Waals surface area (Å²) in [6.07, 6.45) is 8.74. The molecule has 0 atom stereocenters. The Hall–Kier alpha value is -2.70. The van der Waals surface area contributed by atoms with Crippen LogP contribution in [0.4, 0.5) is 0 Å². The van der Waals surface area contributed by atoms with Gasteiger partial charge in [0.2, 0.25) is 5.88 Å². The predicted molar refractivity (Wildman–Crippen MR) is 125 cm³/mol. The molecule has 0 unspecified atom stereocenters. The predicted octanol–water partition coefficient (Wildman–Crippen LogP) is 4.76. The van der Waals surface area contributed by atoms with Crippen molar-refractivity contribution in [2.24, 2.45) is 0 Å². The van der Waals surface area contributed by atoms with E-state index in [9.17, 15) is 4.79 Å². The highest BCUT2D eigenvalue weighted by Crippen LogP contribution is 2.27. The average Bonchev–Trinajstić information content (AvgIpc) is 2.82. The first-order valence-electron chi connectivity index (χ1n) is 11.4. The van der Waals surface area contributed by atoms with Crippen molar-refractivity contribution in [3.05, 3.63) is 74.8 Å². The highest BCUT2D eigenvalue weighted by Gasteiger charge is 2.23. The van der Waals surface area contributed by atoms with Gasteiger partial charge in [0.25, 0.3) is 5.56 Å². The van der Waals surface area contributed by atoms with Crippen molar-refractivity contribution < 1.29 is 4.74 Å². The lowest BCUT2D eigenvalue weighted by molar-refractivity contribution is 0.143. The van der Waals surface area contributed by atoms with E-state index in [-0.39, 0.29) is 11.7 Å². The van der Waals surface area contributed by atoms with E-state index in [4.69, 9.17) is 21.3 Å². The van der Waals surface area contributed by atoms with Crippen LogP contribution in [0, 0.1) is 0 Å². The van der Waals surface area contributed by atoms with E-state index in [0.29, 0.717) is 23.9 Å². The summed E-state index contributed by atoms with van der Waals surface area (Å²) in [6.45, 7) is 2.10. The summed E-state index contributed by atoms with van der Waals surface area (Å²) >= 11 is 5.98. The van der Waals surface area contributed by atoms with Crippen molar-refractivity contribution in [1.29, 1.82) is 0 Å². The van der Waals surface area contributed by atoms with Gasteiger partial charge in [-0.1, -0.05) is 24.1 Å². The van der Waals surface area contributed by atoms with Crippen LogP contribution in [0.15, 0.2) is 47.4 Å². The Morgan fingerprint density at radius 2 is 1.94 bits per heavy atom. The lowest BCUT2D eigenvalue weighted by Gasteiger charge is -2.29. The van der Waals surface area contributed by atoms with Gasteiger partial charge in [0.1, 0.15) is 11.9 Å². The van der Waals surface area contributed by atoms with Crippen LogP contribution in [0.2, 0.25) is 5.02 Å². The third-order valence-electron chi connectivity index (χ3n) is 6.34. The van der Waals surface area contributed by atoms with E-state index in [2.05, 4.69) is 20.9 Å². The molecule has 1 aromatic carbocycles. The molecule has 1 aliphatic heterocycles. The fourth-order valence-corrected chi connectivity index (χ4v) is 4.72. The number of hydrogen-bond acceptors (Lipinski definition) is 5. The Labute approximate surface area is 192 Å². The van der Waals surface area contributed by atoms with E-state index in [1.54, 1.807) is 18.3 Å². The second kappa shape index (κ2) is 9.43. The molecular formula is C25H27ClN4O2. The first-order chi connectivity index (χ1) is 15.7. The largest absolute Gasteiger partial charge is 0.474 e. The second-order valence-corrected chi connectivity index (χ2v) is 9.09. The highest BCUT2D eigenvalue weighted by atomic mass is 35.5. The molecule has 2 aromatic heterocycles. The lowest BCUT2D eigenvalue weighted by Crippen LogP contribution is -2.35. The van der Waals surface area contributed by atoms with Crippen molar-refractivity contribution >= 4 is 11.6 Å². The molecular weight excluding hydrogens is 424 g/mol. The number of ether oxygens (including phenoxy) is 1. The number of hydrogen-bond donors (Lipinski definition) is 1. The third kappa shape index (κ3) is 4.71. The number of nitrogens with zero attached hydrogens (tertiary/aromatic N) is 3. The van der Waals surface area contributed by atoms with Crippen LogP contribution in [0.25, 0.3) is 11.4 Å². The summed E-state index contributed by atoms with van der Waals surface area (Å²) in [5.74, 6) is 1.32. The lowest BCUT2D eigenvalue weighted by atomic mass is 9.98. The molecule has 1 saturated carbocycles. The molecule has 5 rings (SSSR count). The van der Waals surface area contributed by atoms with Crippen LogP contribution in [-0.4, -0.2) is 32.5 Å². The maximum absolute atomic E-state index is 12.9. The molecule has 0 radical (unpaired) electrons. The zero-order chi connectivity index (χ0) is 21.9. The second-order valence-electron chi connectivity index (χ2n) is 8.65. The van der Waals surface area contributed by atoms with Crippen LogP contribution in [0.1, 0.15) is 48.9 Å². The van der Waals surface area contributed by atoms with Crippen LogP contribution in [0.3, 0.4) is 0 Å². The monoisotopic (exact) mass is 450 g/mol. The molecule has 0 amide bonds. The van der Waals surface area contributed by atoms with Crippen LogP contribution < -0.4 is 10.3 Å². The highest BCUT2D eigenvalue weighted by molar-refractivity contribution is 6.30. The van der Waals surface area contributed by atoms with Gasteiger partial charge in [-0.3, -0.25) is 9.69 Å². The first kappa shape index (κ1) is 21.2. The molecule has 6 nitrogen and oxygen atoms in total. The Morgan fingerprint density at radius 3 is 2.75 bits per heavy atom. The maximum Gasteiger partial charge on any atom is 0.255 e. The van der Waals surface area contributed by atoms with Gasteiger partial charge >= 0.3 is 0 Å². The molecule has 7 heteroatoms. The minimum absolute atomic E-state index is 0.0745. The summed E-state index contributed by atoms with van der Waals surface area (Å²) < 4.78 is 6.27. The first-order valence-corrected chi connectivity index (χ1v) is 11.7. The van der Waals surface area contributed by atoms with Crippen molar-refractivity contribution in [3.8, 4) is 17.3 Å². The number of H-pyrrole nitrogens is 1. The number of pyridine rings is 1. The number of nitrogens with one attached hydrogen (secondary N) is 1. The maximum atomic E-state index is 12.9. The summed E-state index contributed by atoms with van der Waals surface area (Å²) in [4.78, 5) is 27.3. The number of aromatic nitrogens is 3. The number of benzene rings is 1. The molecule has 32 heavy (non-hydrogen) atoms. The van der Waals surface area contributed by atoms with Crippen LogP contribution >= 0.6 is 11.6 Å². The fraction of sp³-hybridized carbons (Fsp3) is 0.400.